The van der Waals surface area contributed by atoms with E-state index in [-0.39, 0.29) is 13.2 Å². The maximum absolute atomic E-state index is 12.3. The van der Waals surface area contributed by atoms with Gasteiger partial charge in [-0.3, -0.25) is 4.79 Å². The highest BCUT2D eigenvalue weighted by molar-refractivity contribution is 7.99. The number of carboxylic acids is 1. The minimum Gasteiger partial charge on any atom is -0.480 e. The first kappa shape index (κ1) is 18.5. The fourth-order valence-electron chi connectivity index (χ4n) is 1.64. The van der Waals surface area contributed by atoms with Gasteiger partial charge in [0.25, 0.3) is 5.91 Å². The van der Waals surface area contributed by atoms with Gasteiger partial charge in [-0.2, -0.15) is 0 Å². The van der Waals surface area contributed by atoms with Crippen LogP contribution in [-0.2, 0) is 9.53 Å². The van der Waals surface area contributed by atoms with E-state index < -0.39 is 17.9 Å². The Morgan fingerprint density at radius 3 is 2.86 bits per heavy atom. The zero-order valence-electron chi connectivity index (χ0n) is 12.2. The molecule has 1 amide bonds. The van der Waals surface area contributed by atoms with Crippen LogP contribution < -0.4 is 5.32 Å². The van der Waals surface area contributed by atoms with Crippen molar-refractivity contribution >= 4 is 35.2 Å². The van der Waals surface area contributed by atoms with E-state index >= 15 is 0 Å². The van der Waals surface area contributed by atoms with E-state index in [1.165, 1.54) is 17.8 Å². The predicted molar refractivity (Wildman–Crippen MR) is 87.8 cm³/mol. The summed E-state index contributed by atoms with van der Waals surface area (Å²) >= 11 is 7.39. The third-order valence-corrected chi connectivity index (χ3v) is 3.78. The monoisotopic (exact) mass is 343 g/mol. The first-order chi connectivity index (χ1) is 10.5. The molecule has 0 spiro atoms. The molecule has 0 aliphatic heterocycles. The lowest BCUT2D eigenvalue weighted by Gasteiger charge is -2.16. The van der Waals surface area contributed by atoms with Crippen LogP contribution in [0.15, 0.2) is 35.7 Å². The number of amides is 1. The van der Waals surface area contributed by atoms with Crippen LogP contribution in [0.3, 0.4) is 0 Å². The van der Waals surface area contributed by atoms with E-state index in [4.69, 9.17) is 21.4 Å². The van der Waals surface area contributed by atoms with Crippen LogP contribution in [0, 0.1) is 0 Å². The lowest BCUT2D eigenvalue weighted by molar-refractivity contribution is -0.140. The molecule has 0 aromatic heterocycles. The number of nitrogens with one attached hydrogen (secondary N) is 1. The van der Waals surface area contributed by atoms with Gasteiger partial charge in [-0.1, -0.05) is 24.6 Å². The van der Waals surface area contributed by atoms with Crippen LogP contribution >= 0.6 is 23.4 Å². The molecule has 1 atom stereocenters. The van der Waals surface area contributed by atoms with Crippen LogP contribution in [0.4, 0.5) is 0 Å². The number of benzene rings is 1. The predicted octanol–water partition coefficient (Wildman–Crippen LogP) is 2.84. The van der Waals surface area contributed by atoms with E-state index in [1.54, 1.807) is 18.2 Å². The van der Waals surface area contributed by atoms with Crippen LogP contribution in [-0.4, -0.2) is 42.0 Å². The fourth-order valence-corrected chi connectivity index (χ4v) is 2.71. The molecule has 120 valence electrons. The molecule has 5 nitrogen and oxygen atoms in total. The molecular weight excluding hydrogens is 326 g/mol. The normalized spacial score (nSPS) is 11.7. The van der Waals surface area contributed by atoms with Crippen molar-refractivity contribution in [2.45, 2.75) is 17.9 Å². The Hall–Kier alpha value is -1.50. The molecule has 22 heavy (non-hydrogen) atoms. The number of hydrogen-bond donors (Lipinski definition) is 2. The molecule has 1 aromatic carbocycles. The molecule has 1 rings (SSSR count). The maximum Gasteiger partial charge on any atom is 0.328 e. The van der Waals surface area contributed by atoms with Crippen LogP contribution in [0.2, 0.25) is 5.02 Å². The second kappa shape index (κ2) is 9.50. The van der Waals surface area contributed by atoms with Gasteiger partial charge in [0.2, 0.25) is 0 Å². The summed E-state index contributed by atoms with van der Waals surface area (Å²) in [7, 11) is 0. The van der Waals surface area contributed by atoms with Crippen molar-refractivity contribution in [2.24, 2.45) is 0 Å². The lowest BCUT2D eigenvalue weighted by Crippen LogP contribution is -2.44. The Morgan fingerprint density at radius 2 is 2.27 bits per heavy atom. The number of carbonyl (C=O) groups is 2. The zero-order valence-corrected chi connectivity index (χ0v) is 13.7. The van der Waals surface area contributed by atoms with E-state index in [9.17, 15) is 9.59 Å². The third-order valence-electron chi connectivity index (χ3n) is 2.61. The summed E-state index contributed by atoms with van der Waals surface area (Å²) in [5.74, 6) is -0.857. The van der Waals surface area contributed by atoms with Gasteiger partial charge in [0, 0.05) is 9.92 Å². The smallest absolute Gasteiger partial charge is 0.328 e. The highest BCUT2D eigenvalue weighted by Crippen LogP contribution is 2.26. The van der Waals surface area contributed by atoms with Crippen molar-refractivity contribution in [3.63, 3.8) is 0 Å². The minimum absolute atomic E-state index is 0.128. The molecule has 0 aliphatic carbocycles. The maximum atomic E-state index is 12.3. The van der Waals surface area contributed by atoms with Crippen molar-refractivity contribution in [2.75, 3.05) is 19.0 Å². The molecule has 1 unspecified atom stereocenters. The molecular formula is C15H18ClNO4S. The largest absolute Gasteiger partial charge is 0.480 e. The number of hydrogen-bond acceptors (Lipinski definition) is 4. The van der Waals surface area contributed by atoms with Gasteiger partial charge in [0.1, 0.15) is 0 Å². The second-order valence-electron chi connectivity index (χ2n) is 4.26. The summed E-state index contributed by atoms with van der Waals surface area (Å²) < 4.78 is 5.10. The molecule has 0 saturated heterocycles. The van der Waals surface area contributed by atoms with Crippen molar-refractivity contribution in [1.82, 2.24) is 5.32 Å². The number of carboxylic acid groups (broad SMARTS) is 1. The first-order valence-electron chi connectivity index (χ1n) is 6.64. The number of carbonyl (C=O) groups excluding carboxylic acids is 1. The molecule has 0 fully saturated rings. The molecule has 1 aromatic rings. The van der Waals surface area contributed by atoms with Gasteiger partial charge in [-0.05, 0) is 24.0 Å². The Bertz CT molecular complexity index is 550. The Kier molecular flexibility index (Phi) is 8.01. The molecule has 0 saturated carbocycles. The fraction of sp³-hybridized carbons (Fsp3) is 0.333. The summed E-state index contributed by atoms with van der Waals surface area (Å²) in [5, 5.41) is 12.1. The summed E-state index contributed by atoms with van der Waals surface area (Å²) in [6.45, 7) is 5.52. The van der Waals surface area contributed by atoms with Crippen LogP contribution in [0.25, 0.3) is 0 Å². The highest BCUT2D eigenvalue weighted by atomic mass is 35.5. The van der Waals surface area contributed by atoms with Crippen molar-refractivity contribution in [1.29, 1.82) is 0 Å². The summed E-state index contributed by atoms with van der Waals surface area (Å²) in [5.41, 5.74) is 0.395. The first-order valence-corrected chi connectivity index (χ1v) is 8.00. The van der Waals surface area contributed by atoms with Crippen molar-refractivity contribution in [3.05, 3.63) is 41.4 Å². The topological polar surface area (TPSA) is 75.6 Å². The minimum atomic E-state index is -1.16. The number of ether oxygens (including phenoxy) is 1. The van der Waals surface area contributed by atoms with Gasteiger partial charge in [0.05, 0.1) is 18.8 Å². The highest BCUT2D eigenvalue weighted by Gasteiger charge is 2.22. The van der Waals surface area contributed by atoms with Crippen LogP contribution in [0.1, 0.15) is 17.3 Å². The number of rotatable bonds is 9. The van der Waals surface area contributed by atoms with Gasteiger partial charge in [0.15, 0.2) is 6.04 Å². The zero-order chi connectivity index (χ0) is 16.5. The Labute approximate surface area is 138 Å². The molecule has 0 radical (unpaired) electrons. The van der Waals surface area contributed by atoms with Gasteiger partial charge >= 0.3 is 5.97 Å². The number of aliphatic carboxylic acids is 1. The van der Waals surface area contributed by atoms with Gasteiger partial charge < -0.3 is 15.2 Å². The summed E-state index contributed by atoms with van der Waals surface area (Å²) in [6.07, 6.45) is 1.51. The lowest BCUT2D eigenvalue weighted by atomic mass is 10.2. The van der Waals surface area contributed by atoms with Crippen LogP contribution in [0.5, 0.6) is 0 Å². The standard InChI is InChI=1S/C15H18ClNO4S/c1-3-7-21-9-12(15(19)20)17-14(18)11-6-5-10(16)8-13(11)22-4-2/h3,5-6,8,12H,1,4,7,9H2,2H3,(H,17,18)(H,19,20). The van der Waals surface area contributed by atoms with E-state index in [0.29, 0.717) is 15.5 Å². The molecule has 0 bridgehead atoms. The van der Waals surface area contributed by atoms with Crippen molar-refractivity contribution < 1.29 is 19.4 Å². The van der Waals surface area contributed by atoms with E-state index in [0.717, 1.165) is 5.75 Å². The average molecular weight is 344 g/mol. The molecule has 2 N–H and O–H groups in total. The van der Waals surface area contributed by atoms with Gasteiger partial charge in [-0.25, -0.2) is 4.79 Å². The third kappa shape index (κ3) is 5.71. The summed E-state index contributed by atoms with van der Waals surface area (Å²) in [6, 6.07) is 3.75. The average Bonchev–Trinajstić information content (AvgIpc) is 2.46. The second-order valence-corrected chi connectivity index (χ2v) is 6.01. The van der Waals surface area contributed by atoms with Crippen molar-refractivity contribution in [3.8, 4) is 0 Å². The molecule has 0 heterocycles. The summed E-state index contributed by atoms with van der Waals surface area (Å²) in [4.78, 5) is 24.2. The number of halogens is 1. The SMILES string of the molecule is C=CCOCC(NC(=O)c1ccc(Cl)cc1SCC)C(=O)O. The van der Waals surface area contributed by atoms with E-state index in [1.807, 2.05) is 6.92 Å². The quantitative estimate of drug-likeness (QED) is 0.409. The van der Waals surface area contributed by atoms with Gasteiger partial charge in [-0.15, -0.1) is 18.3 Å². The number of thioether (sulfide) groups is 1. The molecule has 0 aliphatic rings. The Morgan fingerprint density at radius 1 is 1.55 bits per heavy atom. The Balaban J connectivity index is 2.85. The van der Waals surface area contributed by atoms with E-state index in [2.05, 4.69) is 11.9 Å². The molecule has 7 heteroatoms.